The molecule has 0 bridgehead atoms. The molecule has 1 saturated carbocycles. The van der Waals surface area contributed by atoms with Crippen LogP contribution in [0.25, 0.3) is 11.3 Å². The fraction of sp³-hybridized carbons (Fsp3) is 0.478. The number of ether oxygens (including phenoxy) is 2. The Balaban J connectivity index is 1.51. The van der Waals surface area contributed by atoms with E-state index in [1.54, 1.807) is 19.2 Å². The van der Waals surface area contributed by atoms with Gasteiger partial charge in [-0.15, -0.1) is 10.2 Å². The van der Waals surface area contributed by atoms with Crippen LogP contribution in [-0.4, -0.2) is 29.1 Å². The van der Waals surface area contributed by atoms with E-state index in [0.717, 1.165) is 37.0 Å². The molecule has 29 heavy (non-hydrogen) atoms. The molecule has 1 aliphatic carbocycles. The molecule has 0 atom stereocenters. The van der Waals surface area contributed by atoms with Crippen molar-refractivity contribution in [3.05, 3.63) is 36.4 Å². The molecule has 1 aliphatic rings. The molecule has 2 aromatic rings. The molecule has 1 heterocycles. The van der Waals surface area contributed by atoms with Crippen LogP contribution >= 0.6 is 0 Å². The SMILES string of the molecule is CCCCC(=O)[C@H]1CC[C@H](C(=O)Oc2ccc(-c3ccc(OC)cc3)nn2)CC1. The quantitative estimate of drug-likeness (QED) is 0.606. The maximum absolute atomic E-state index is 12.5. The molecule has 1 aromatic carbocycles. The van der Waals surface area contributed by atoms with Crippen molar-refractivity contribution in [2.24, 2.45) is 11.8 Å². The lowest BCUT2D eigenvalue weighted by atomic mass is 9.79. The van der Waals surface area contributed by atoms with Crippen molar-refractivity contribution in [2.75, 3.05) is 7.11 Å². The zero-order chi connectivity index (χ0) is 20.6. The van der Waals surface area contributed by atoms with E-state index in [1.165, 1.54) is 0 Å². The summed E-state index contributed by atoms with van der Waals surface area (Å²) in [5.74, 6) is 0.972. The fourth-order valence-electron chi connectivity index (χ4n) is 3.68. The normalized spacial score (nSPS) is 18.8. The number of unbranched alkanes of at least 4 members (excludes halogenated alkanes) is 1. The summed E-state index contributed by atoms with van der Waals surface area (Å²) in [7, 11) is 1.62. The number of methoxy groups -OCH3 is 1. The van der Waals surface area contributed by atoms with Gasteiger partial charge in [-0.05, 0) is 62.4 Å². The van der Waals surface area contributed by atoms with Crippen LogP contribution in [0.5, 0.6) is 11.6 Å². The molecule has 3 rings (SSSR count). The maximum Gasteiger partial charge on any atom is 0.315 e. The van der Waals surface area contributed by atoms with E-state index in [4.69, 9.17) is 9.47 Å². The molecule has 0 unspecified atom stereocenters. The van der Waals surface area contributed by atoms with Crippen LogP contribution in [-0.2, 0) is 9.59 Å². The zero-order valence-electron chi connectivity index (χ0n) is 17.1. The molecule has 0 radical (unpaired) electrons. The van der Waals surface area contributed by atoms with Gasteiger partial charge in [-0.1, -0.05) is 13.3 Å². The minimum Gasteiger partial charge on any atom is -0.497 e. The van der Waals surface area contributed by atoms with E-state index < -0.39 is 0 Å². The highest BCUT2D eigenvalue weighted by molar-refractivity contribution is 5.81. The Morgan fingerprint density at radius 1 is 0.966 bits per heavy atom. The monoisotopic (exact) mass is 396 g/mol. The Morgan fingerprint density at radius 2 is 1.66 bits per heavy atom. The van der Waals surface area contributed by atoms with Gasteiger partial charge in [0, 0.05) is 24.0 Å². The minimum absolute atomic E-state index is 0.106. The average Bonchev–Trinajstić information content (AvgIpc) is 2.78. The molecule has 0 aliphatic heterocycles. The number of nitrogens with zero attached hydrogens (tertiary/aromatic N) is 2. The van der Waals surface area contributed by atoms with Crippen molar-refractivity contribution >= 4 is 11.8 Å². The van der Waals surface area contributed by atoms with Gasteiger partial charge in [0.25, 0.3) is 0 Å². The van der Waals surface area contributed by atoms with Crippen molar-refractivity contribution < 1.29 is 19.1 Å². The number of hydrogen-bond donors (Lipinski definition) is 0. The van der Waals surface area contributed by atoms with Gasteiger partial charge >= 0.3 is 5.97 Å². The second-order valence-electron chi connectivity index (χ2n) is 7.52. The zero-order valence-corrected chi connectivity index (χ0v) is 17.1. The van der Waals surface area contributed by atoms with E-state index in [-0.39, 0.29) is 23.7 Å². The predicted octanol–water partition coefficient (Wildman–Crippen LogP) is 4.62. The van der Waals surface area contributed by atoms with Gasteiger partial charge in [0.2, 0.25) is 5.88 Å². The number of carbonyl (C=O) groups is 2. The van der Waals surface area contributed by atoms with Gasteiger partial charge < -0.3 is 9.47 Å². The molecular weight excluding hydrogens is 368 g/mol. The lowest BCUT2D eigenvalue weighted by Gasteiger charge is -2.26. The van der Waals surface area contributed by atoms with Crippen LogP contribution in [0, 0.1) is 11.8 Å². The summed E-state index contributed by atoms with van der Waals surface area (Å²) in [6.07, 6.45) is 5.57. The van der Waals surface area contributed by atoms with Crippen molar-refractivity contribution in [1.29, 1.82) is 0 Å². The fourth-order valence-corrected chi connectivity index (χ4v) is 3.68. The van der Waals surface area contributed by atoms with Gasteiger partial charge in [-0.25, -0.2) is 0 Å². The van der Waals surface area contributed by atoms with Gasteiger partial charge in [0.15, 0.2) is 0 Å². The predicted molar refractivity (Wildman–Crippen MR) is 110 cm³/mol. The van der Waals surface area contributed by atoms with Crippen LogP contribution in [0.1, 0.15) is 51.9 Å². The molecule has 0 spiro atoms. The van der Waals surface area contributed by atoms with Crippen molar-refractivity contribution in [3.8, 4) is 22.9 Å². The van der Waals surface area contributed by atoms with Gasteiger partial charge in [0.05, 0.1) is 18.7 Å². The number of Topliss-reactive ketones (excluding diaryl/α,β-unsaturated/α-hetero) is 1. The highest BCUT2D eigenvalue weighted by atomic mass is 16.5. The Bertz CT molecular complexity index is 810. The van der Waals surface area contributed by atoms with Gasteiger partial charge in [-0.2, -0.15) is 0 Å². The number of carbonyl (C=O) groups excluding carboxylic acids is 2. The first kappa shape index (κ1) is 21.0. The summed E-state index contributed by atoms with van der Waals surface area (Å²) < 4.78 is 10.6. The second kappa shape index (κ2) is 10.1. The number of aromatic nitrogens is 2. The van der Waals surface area contributed by atoms with E-state index in [1.807, 2.05) is 24.3 Å². The Hall–Kier alpha value is -2.76. The smallest absolute Gasteiger partial charge is 0.315 e. The molecular formula is C23H28N2O4. The number of hydrogen-bond acceptors (Lipinski definition) is 6. The topological polar surface area (TPSA) is 78.4 Å². The summed E-state index contributed by atoms with van der Waals surface area (Å²) in [5, 5.41) is 8.18. The first-order valence-corrected chi connectivity index (χ1v) is 10.3. The van der Waals surface area contributed by atoms with E-state index in [2.05, 4.69) is 17.1 Å². The number of rotatable bonds is 8. The summed E-state index contributed by atoms with van der Waals surface area (Å²) in [6.45, 7) is 2.09. The highest BCUT2D eigenvalue weighted by Crippen LogP contribution is 2.31. The summed E-state index contributed by atoms with van der Waals surface area (Å²) >= 11 is 0. The number of ketones is 1. The molecule has 1 aromatic heterocycles. The lowest BCUT2D eigenvalue weighted by Crippen LogP contribution is -2.28. The van der Waals surface area contributed by atoms with Crippen LogP contribution < -0.4 is 9.47 Å². The molecule has 1 fully saturated rings. The number of benzene rings is 1. The van der Waals surface area contributed by atoms with Crippen molar-refractivity contribution in [1.82, 2.24) is 10.2 Å². The average molecular weight is 396 g/mol. The van der Waals surface area contributed by atoms with Crippen LogP contribution in [0.3, 0.4) is 0 Å². The molecule has 0 amide bonds. The minimum atomic E-state index is -0.282. The Labute approximate surface area is 171 Å². The van der Waals surface area contributed by atoms with E-state index in [0.29, 0.717) is 30.7 Å². The van der Waals surface area contributed by atoms with E-state index in [9.17, 15) is 9.59 Å². The van der Waals surface area contributed by atoms with Crippen LogP contribution in [0.15, 0.2) is 36.4 Å². The molecule has 6 heteroatoms. The maximum atomic E-state index is 12.5. The summed E-state index contributed by atoms with van der Waals surface area (Å²) in [4.78, 5) is 24.6. The Morgan fingerprint density at radius 3 is 2.24 bits per heavy atom. The summed E-state index contributed by atoms with van der Waals surface area (Å²) in [5.41, 5.74) is 1.60. The molecule has 154 valence electrons. The number of esters is 1. The molecule has 0 N–H and O–H groups in total. The molecule has 6 nitrogen and oxygen atoms in total. The third-order valence-corrected chi connectivity index (χ3v) is 5.52. The van der Waals surface area contributed by atoms with Crippen LogP contribution in [0.2, 0.25) is 0 Å². The van der Waals surface area contributed by atoms with Gasteiger partial charge in [0.1, 0.15) is 11.5 Å². The standard InChI is InChI=1S/C23H28N2O4/c1-3-4-5-21(26)17-6-8-18(9-7-17)23(27)29-22-15-14-20(24-25-22)16-10-12-19(28-2)13-11-16/h10-15,17-18H,3-9H2,1-2H3/t17-,18-. The first-order chi connectivity index (χ1) is 14.1. The van der Waals surface area contributed by atoms with E-state index >= 15 is 0 Å². The highest BCUT2D eigenvalue weighted by Gasteiger charge is 2.30. The molecule has 0 saturated heterocycles. The lowest BCUT2D eigenvalue weighted by molar-refractivity contribution is -0.141. The van der Waals surface area contributed by atoms with Crippen molar-refractivity contribution in [2.45, 2.75) is 51.9 Å². The van der Waals surface area contributed by atoms with Gasteiger partial charge in [-0.3, -0.25) is 9.59 Å². The third-order valence-electron chi connectivity index (χ3n) is 5.52. The van der Waals surface area contributed by atoms with Crippen LogP contribution in [0.4, 0.5) is 0 Å². The third kappa shape index (κ3) is 5.62. The Kier molecular flexibility index (Phi) is 7.33. The largest absolute Gasteiger partial charge is 0.497 e. The summed E-state index contributed by atoms with van der Waals surface area (Å²) in [6, 6.07) is 10.9. The first-order valence-electron chi connectivity index (χ1n) is 10.3. The van der Waals surface area contributed by atoms with Crippen molar-refractivity contribution in [3.63, 3.8) is 0 Å². The second-order valence-corrected chi connectivity index (χ2v) is 7.52.